The molecule has 3 rings (SSSR count). The van der Waals surface area contributed by atoms with Crippen molar-refractivity contribution in [1.29, 1.82) is 0 Å². The minimum Gasteiger partial charge on any atom is -0.352 e. The zero-order valence-corrected chi connectivity index (χ0v) is 11.1. The summed E-state index contributed by atoms with van der Waals surface area (Å²) in [6, 6.07) is 1.31. The van der Waals surface area contributed by atoms with Gasteiger partial charge in [0.2, 0.25) is 5.95 Å². The third kappa shape index (κ3) is 2.62. The number of hydrogen-bond acceptors (Lipinski definition) is 3. The Balaban J connectivity index is 1.69. The first-order valence-corrected chi connectivity index (χ1v) is 7.96. The van der Waals surface area contributed by atoms with Crippen molar-refractivity contribution in [3.8, 4) is 0 Å². The Bertz CT molecular complexity index is 351. The average molecular weight is 251 g/mol. The lowest BCUT2D eigenvalue weighted by molar-refractivity contribution is 0.355. The van der Waals surface area contributed by atoms with Crippen LogP contribution in [0.4, 0.5) is 5.95 Å². The predicted molar refractivity (Wildman–Crippen MR) is 73.7 cm³/mol. The van der Waals surface area contributed by atoms with E-state index in [1.54, 1.807) is 0 Å². The monoisotopic (exact) mass is 251 g/mol. The Hall–Kier alpha value is -0.640. The van der Waals surface area contributed by atoms with Crippen molar-refractivity contribution in [2.75, 3.05) is 16.8 Å². The van der Waals surface area contributed by atoms with E-state index >= 15 is 0 Å². The highest BCUT2D eigenvalue weighted by molar-refractivity contribution is 7.99. The number of aromatic nitrogens is 2. The first-order chi connectivity index (χ1) is 8.43. The van der Waals surface area contributed by atoms with Gasteiger partial charge in [-0.2, -0.15) is 11.8 Å². The lowest BCUT2D eigenvalue weighted by Gasteiger charge is -2.25. The Morgan fingerprint density at radius 1 is 1.24 bits per heavy atom. The molecule has 0 radical (unpaired) electrons. The maximum atomic E-state index is 4.50. The van der Waals surface area contributed by atoms with E-state index in [0.717, 1.165) is 5.95 Å². The quantitative estimate of drug-likeness (QED) is 0.894. The van der Waals surface area contributed by atoms with Crippen LogP contribution in [-0.4, -0.2) is 27.1 Å². The lowest BCUT2D eigenvalue weighted by atomic mass is 9.95. The normalized spacial score (nSPS) is 26.2. The lowest BCUT2D eigenvalue weighted by Crippen LogP contribution is -2.23. The Kier molecular flexibility index (Phi) is 3.60. The van der Waals surface area contributed by atoms with Crippen LogP contribution in [0.5, 0.6) is 0 Å². The van der Waals surface area contributed by atoms with Gasteiger partial charge in [-0.15, -0.1) is 0 Å². The van der Waals surface area contributed by atoms with Gasteiger partial charge in [0.05, 0.1) is 0 Å². The van der Waals surface area contributed by atoms with Gasteiger partial charge in [0.1, 0.15) is 0 Å². The van der Waals surface area contributed by atoms with Gasteiger partial charge in [0, 0.05) is 30.2 Å². The van der Waals surface area contributed by atoms with Crippen LogP contribution in [0.2, 0.25) is 0 Å². The third-order valence-corrected chi connectivity index (χ3v) is 5.06. The summed E-state index contributed by atoms with van der Waals surface area (Å²) in [5, 5.41) is 3.62. The zero-order valence-electron chi connectivity index (χ0n) is 10.3. The fraction of sp³-hybridized carbons (Fsp3) is 0.769. The molecule has 0 aromatic carbocycles. The number of anilines is 1. The van der Waals surface area contributed by atoms with Gasteiger partial charge in [-0.05, 0) is 25.0 Å². The van der Waals surface area contributed by atoms with E-state index < -0.39 is 0 Å². The van der Waals surface area contributed by atoms with Crippen molar-refractivity contribution in [3.63, 3.8) is 0 Å². The van der Waals surface area contributed by atoms with Gasteiger partial charge in [0.15, 0.2) is 0 Å². The van der Waals surface area contributed by atoms with Crippen molar-refractivity contribution in [1.82, 2.24) is 9.55 Å². The molecule has 1 aromatic heterocycles. The first kappa shape index (κ1) is 11.5. The summed E-state index contributed by atoms with van der Waals surface area (Å²) in [5.74, 6) is 3.63. The van der Waals surface area contributed by atoms with Gasteiger partial charge in [-0.3, -0.25) is 0 Å². The van der Waals surface area contributed by atoms with Crippen LogP contribution in [-0.2, 0) is 0 Å². The Labute approximate surface area is 107 Å². The third-order valence-electron chi connectivity index (χ3n) is 3.90. The molecule has 1 N–H and O–H groups in total. The van der Waals surface area contributed by atoms with Gasteiger partial charge in [0.25, 0.3) is 0 Å². The summed E-state index contributed by atoms with van der Waals surface area (Å²) in [6.07, 6.45) is 12.2. The molecule has 17 heavy (non-hydrogen) atoms. The topological polar surface area (TPSA) is 29.9 Å². The number of thioether (sulfide) groups is 1. The molecule has 1 aromatic rings. The van der Waals surface area contributed by atoms with Crippen molar-refractivity contribution in [3.05, 3.63) is 12.4 Å². The van der Waals surface area contributed by atoms with Gasteiger partial charge >= 0.3 is 0 Å². The second-order valence-corrected chi connectivity index (χ2v) is 6.30. The van der Waals surface area contributed by atoms with Crippen LogP contribution >= 0.6 is 11.8 Å². The molecule has 1 aliphatic heterocycles. The highest BCUT2D eigenvalue weighted by Crippen LogP contribution is 2.31. The molecule has 1 atom stereocenters. The van der Waals surface area contributed by atoms with E-state index in [-0.39, 0.29) is 0 Å². The number of nitrogens with one attached hydrogen (secondary N) is 1. The molecule has 2 aliphatic rings. The molecule has 0 bridgehead atoms. The molecule has 3 nitrogen and oxygen atoms in total. The maximum absolute atomic E-state index is 4.50. The van der Waals surface area contributed by atoms with Crippen LogP contribution in [0.1, 0.15) is 44.6 Å². The van der Waals surface area contributed by atoms with Crippen LogP contribution in [0.3, 0.4) is 0 Å². The molecule has 2 heterocycles. The van der Waals surface area contributed by atoms with Crippen LogP contribution in [0.15, 0.2) is 12.4 Å². The summed E-state index contributed by atoms with van der Waals surface area (Å²) in [7, 11) is 0. The standard InChI is InChI=1S/C13H21N3S/c1-2-4-12(5-3-1)16-8-7-14-13(16)15-11-6-9-17-10-11/h7-8,11-12H,1-6,9-10H2,(H,14,15). The molecular formula is C13H21N3S. The van der Waals surface area contributed by atoms with Gasteiger partial charge in [-0.1, -0.05) is 19.3 Å². The molecular weight excluding hydrogens is 230 g/mol. The van der Waals surface area contributed by atoms with Crippen LogP contribution < -0.4 is 5.32 Å². The van der Waals surface area contributed by atoms with Crippen molar-refractivity contribution in [2.45, 2.75) is 50.6 Å². The van der Waals surface area contributed by atoms with Crippen LogP contribution in [0, 0.1) is 0 Å². The minimum atomic E-state index is 0.629. The highest BCUT2D eigenvalue weighted by Gasteiger charge is 2.21. The summed E-state index contributed by atoms with van der Waals surface area (Å²) < 4.78 is 2.38. The molecule has 4 heteroatoms. The zero-order chi connectivity index (χ0) is 11.5. The summed E-state index contributed by atoms with van der Waals surface area (Å²) >= 11 is 2.05. The number of imidazole rings is 1. The van der Waals surface area contributed by atoms with E-state index in [0.29, 0.717) is 12.1 Å². The van der Waals surface area contributed by atoms with E-state index in [1.165, 1.54) is 50.0 Å². The summed E-state index contributed by atoms with van der Waals surface area (Å²) in [4.78, 5) is 4.50. The van der Waals surface area contributed by atoms with Crippen molar-refractivity contribution in [2.24, 2.45) is 0 Å². The maximum Gasteiger partial charge on any atom is 0.203 e. The summed E-state index contributed by atoms with van der Waals surface area (Å²) in [5.41, 5.74) is 0. The average Bonchev–Trinajstić information content (AvgIpc) is 3.02. The Morgan fingerprint density at radius 3 is 2.88 bits per heavy atom. The molecule has 0 spiro atoms. The van der Waals surface area contributed by atoms with Gasteiger partial charge in [-0.25, -0.2) is 4.98 Å². The summed E-state index contributed by atoms with van der Waals surface area (Å²) in [6.45, 7) is 0. The van der Waals surface area contributed by atoms with Crippen molar-refractivity contribution < 1.29 is 0 Å². The number of rotatable bonds is 3. The highest BCUT2D eigenvalue weighted by atomic mass is 32.2. The fourth-order valence-corrected chi connectivity index (χ4v) is 4.06. The SMILES string of the molecule is c1cn(C2CCCCC2)c(NC2CCSC2)n1. The molecule has 2 fully saturated rings. The first-order valence-electron chi connectivity index (χ1n) is 6.80. The second-order valence-electron chi connectivity index (χ2n) is 5.15. The van der Waals surface area contributed by atoms with E-state index in [4.69, 9.17) is 0 Å². The number of hydrogen-bond donors (Lipinski definition) is 1. The van der Waals surface area contributed by atoms with E-state index in [1.807, 2.05) is 18.0 Å². The molecule has 1 saturated heterocycles. The Morgan fingerprint density at radius 2 is 2.12 bits per heavy atom. The second kappa shape index (κ2) is 5.34. The smallest absolute Gasteiger partial charge is 0.203 e. The number of nitrogens with zero attached hydrogens (tertiary/aromatic N) is 2. The predicted octanol–water partition coefficient (Wildman–Crippen LogP) is 3.31. The molecule has 1 unspecified atom stereocenters. The van der Waals surface area contributed by atoms with Crippen LogP contribution in [0.25, 0.3) is 0 Å². The molecule has 1 saturated carbocycles. The molecule has 0 amide bonds. The fourth-order valence-electron chi connectivity index (χ4n) is 2.91. The minimum absolute atomic E-state index is 0.629. The van der Waals surface area contributed by atoms with E-state index in [2.05, 4.69) is 21.1 Å². The molecule has 1 aliphatic carbocycles. The molecule has 94 valence electrons. The van der Waals surface area contributed by atoms with Gasteiger partial charge < -0.3 is 9.88 Å². The van der Waals surface area contributed by atoms with Crippen molar-refractivity contribution >= 4 is 17.7 Å². The van der Waals surface area contributed by atoms with E-state index in [9.17, 15) is 0 Å². The largest absolute Gasteiger partial charge is 0.352 e.